The van der Waals surface area contributed by atoms with Crippen molar-refractivity contribution in [2.75, 3.05) is 11.9 Å². The van der Waals surface area contributed by atoms with E-state index in [0.717, 1.165) is 11.3 Å². The molecule has 8 nitrogen and oxygen atoms in total. The molecule has 1 aliphatic heterocycles. The molecule has 3 rings (SSSR count). The normalized spacial score (nSPS) is 16.4. The number of fused-ring (bicyclic) bond motifs is 1. The van der Waals surface area contributed by atoms with Crippen molar-refractivity contribution in [3.63, 3.8) is 0 Å². The van der Waals surface area contributed by atoms with E-state index in [2.05, 4.69) is 20.8 Å². The Kier molecular flexibility index (Phi) is 4.69. The van der Waals surface area contributed by atoms with Crippen LogP contribution in [0.1, 0.15) is 39.3 Å². The summed E-state index contributed by atoms with van der Waals surface area (Å²) < 4.78 is 12.5. The van der Waals surface area contributed by atoms with Crippen molar-refractivity contribution < 1.29 is 14.3 Å². The van der Waals surface area contributed by atoms with Gasteiger partial charge in [0.25, 0.3) is 0 Å². The quantitative estimate of drug-likeness (QED) is 0.833. The number of hydrogen-bond donors (Lipinski definition) is 1. The molecule has 1 N–H and O–H groups in total. The Hall–Kier alpha value is -2.90. The van der Waals surface area contributed by atoms with E-state index >= 15 is 0 Å². The number of anilines is 1. The first-order valence-corrected chi connectivity index (χ1v) is 8.20. The first kappa shape index (κ1) is 16.9. The number of tetrazole rings is 1. The number of aromatic nitrogens is 4. The molecule has 1 aromatic heterocycles. The van der Waals surface area contributed by atoms with Crippen molar-refractivity contribution in [1.29, 1.82) is 0 Å². The lowest BCUT2D eigenvalue weighted by Gasteiger charge is -2.28. The van der Waals surface area contributed by atoms with Gasteiger partial charge < -0.3 is 14.8 Å². The van der Waals surface area contributed by atoms with Gasteiger partial charge in [-0.1, -0.05) is 17.2 Å². The molecular weight excluding hydrogens is 322 g/mol. The highest BCUT2D eigenvalue weighted by Crippen LogP contribution is 2.35. The lowest BCUT2D eigenvalue weighted by Crippen LogP contribution is -2.30. The zero-order valence-corrected chi connectivity index (χ0v) is 14.7. The number of rotatable bonds is 5. The molecule has 1 aromatic carbocycles. The summed E-state index contributed by atoms with van der Waals surface area (Å²) in [6.07, 6.45) is -0.218. The largest absolute Gasteiger partial charge is 0.494 e. The minimum atomic E-state index is -0.465. The van der Waals surface area contributed by atoms with Gasteiger partial charge in [-0.25, -0.2) is 4.79 Å². The minimum absolute atomic E-state index is 0.218. The van der Waals surface area contributed by atoms with Gasteiger partial charge in [-0.2, -0.15) is 4.68 Å². The molecule has 1 unspecified atom stereocenters. The van der Waals surface area contributed by atoms with E-state index in [1.54, 1.807) is 4.68 Å². The molecule has 8 heteroatoms. The second-order valence-electron chi connectivity index (χ2n) is 5.97. The van der Waals surface area contributed by atoms with Gasteiger partial charge in [0.2, 0.25) is 5.95 Å². The van der Waals surface area contributed by atoms with E-state index < -0.39 is 6.04 Å². The first-order chi connectivity index (χ1) is 12.0. The maximum Gasteiger partial charge on any atom is 0.338 e. The number of hydrogen-bond acceptors (Lipinski definition) is 7. The van der Waals surface area contributed by atoms with Crippen LogP contribution < -0.4 is 10.1 Å². The fraction of sp³-hybridized carbons (Fsp3) is 0.412. The van der Waals surface area contributed by atoms with Crippen LogP contribution in [0.2, 0.25) is 0 Å². The standard InChI is InChI=1S/C17H21N5O3/c1-5-24-13-8-6-12(7-9-13)15-14(16(23)25-10(2)3)11(4)18-17-19-20-21-22(15)17/h6-10,15H,5H2,1-4H3,(H,18,19,21). The molecule has 0 saturated heterocycles. The van der Waals surface area contributed by atoms with Crippen LogP contribution in [0.3, 0.4) is 0 Å². The Morgan fingerprint density at radius 2 is 2.04 bits per heavy atom. The van der Waals surface area contributed by atoms with Crippen molar-refractivity contribution in [2.24, 2.45) is 0 Å². The summed E-state index contributed by atoms with van der Waals surface area (Å²) in [5, 5.41) is 14.8. The van der Waals surface area contributed by atoms with Gasteiger partial charge in [-0.3, -0.25) is 0 Å². The van der Waals surface area contributed by atoms with Crippen molar-refractivity contribution in [3.05, 3.63) is 41.1 Å². The highest BCUT2D eigenvalue weighted by molar-refractivity contribution is 5.92. The van der Waals surface area contributed by atoms with E-state index in [4.69, 9.17) is 9.47 Å². The van der Waals surface area contributed by atoms with Crippen LogP contribution in [0.5, 0.6) is 5.75 Å². The second-order valence-corrected chi connectivity index (χ2v) is 5.97. The average Bonchev–Trinajstić information content (AvgIpc) is 3.01. The van der Waals surface area contributed by atoms with Crippen LogP contribution >= 0.6 is 0 Å². The smallest absolute Gasteiger partial charge is 0.338 e. The van der Waals surface area contributed by atoms with Crippen LogP contribution in [0.15, 0.2) is 35.5 Å². The molecule has 0 saturated carbocycles. The van der Waals surface area contributed by atoms with Gasteiger partial charge in [-0.15, -0.1) is 0 Å². The van der Waals surface area contributed by atoms with Crippen molar-refractivity contribution >= 4 is 11.9 Å². The van der Waals surface area contributed by atoms with E-state index in [1.165, 1.54) is 0 Å². The number of benzene rings is 1. The Morgan fingerprint density at radius 3 is 2.68 bits per heavy atom. The molecular formula is C17H21N5O3. The lowest BCUT2D eigenvalue weighted by atomic mass is 9.95. The number of ether oxygens (including phenoxy) is 2. The molecule has 0 fully saturated rings. The van der Waals surface area contributed by atoms with Gasteiger partial charge in [0.05, 0.1) is 18.3 Å². The molecule has 0 aliphatic carbocycles. The van der Waals surface area contributed by atoms with E-state index in [-0.39, 0.29) is 12.1 Å². The summed E-state index contributed by atoms with van der Waals surface area (Å²) in [6.45, 7) is 7.97. The number of carbonyl (C=O) groups is 1. The summed E-state index contributed by atoms with van der Waals surface area (Å²) in [6, 6.07) is 7.08. The van der Waals surface area contributed by atoms with Crippen LogP contribution in [0.25, 0.3) is 0 Å². The predicted octanol–water partition coefficient (Wildman–Crippen LogP) is 2.31. The van der Waals surface area contributed by atoms with Gasteiger partial charge in [0.15, 0.2) is 0 Å². The summed E-state index contributed by atoms with van der Waals surface area (Å²) in [5.74, 6) is 0.863. The number of allylic oxidation sites excluding steroid dienone is 1. The molecule has 0 amide bonds. The molecule has 25 heavy (non-hydrogen) atoms. The molecule has 0 bridgehead atoms. The van der Waals surface area contributed by atoms with Gasteiger partial charge in [0, 0.05) is 5.70 Å². The molecule has 1 aliphatic rings. The summed E-state index contributed by atoms with van der Waals surface area (Å²) in [7, 11) is 0. The van der Waals surface area contributed by atoms with Crippen molar-refractivity contribution in [3.8, 4) is 5.75 Å². The molecule has 132 valence electrons. The highest BCUT2D eigenvalue weighted by Gasteiger charge is 2.35. The van der Waals surface area contributed by atoms with Crippen molar-refractivity contribution in [1.82, 2.24) is 20.2 Å². The Bertz CT molecular complexity index is 795. The van der Waals surface area contributed by atoms with Gasteiger partial charge in [0.1, 0.15) is 11.8 Å². The third-order valence-corrected chi connectivity index (χ3v) is 3.78. The minimum Gasteiger partial charge on any atom is -0.494 e. The Balaban J connectivity index is 2.04. The van der Waals surface area contributed by atoms with Crippen LogP contribution in [-0.2, 0) is 9.53 Å². The molecule has 0 radical (unpaired) electrons. The maximum absolute atomic E-state index is 12.7. The Labute approximate surface area is 145 Å². The molecule has 0 spiro atoms. The monoisotopic (exact) mass is 343 g/mol. The van der Waals surface area contributed by atoms with Crippen LogP contribution in [-0.4, -0.2) is 38.9 Å². The number of nitrogens with zero attached hydrogens (tertiary/aromatic N) is 4. The molecule has 2 heterocycles. The molecule has 1 atom stereocenters. The zero-order chi connectivity index (χ0) is 18.0. The lowest BCUT2D eigenvalue weighted by molar-refractivity contribution is -0.143. The fourth-order valence-electron chi connectivity index (χ4n) is 2.78. The van der Waals surface area contributed by atoms with Gasteiger partial charge >= 0.3 is 5.97 Å². The second kappa shape index (κ2) is 6.92. The van der Waals surface area contributed by atoms with Gasteiger partial charge in [-0.05, 0) is 55.8 Å². The van der Waals surface area contributed by atoms with E-state index in [0.29, 0.717) is 23.8 Å². The average molecular weight is 343 g/mol. The highest BCUT2D eigenvalue weighted by atomic mass is 16.5. The number of esters is 1. The van der Waals surface area contributed by atoms with E-state index in [9.17, 15) is 4.79 Å². The molecule has 2 aromatic rings. The predicted molar refractivity (Wildman–Crippen MR) is 91.1 cm³/mol. The maximum atomic E-state index is 12.7. The Morgan fingerprint density at radius 1 is 1.32 bits per heavy atom. The van der Waals surface area contributed by atoms with E-state index in [1.807, 2.05) is 52.0 Å². The third kappa shape index (κ3) is 3.33. The summed E-state index contributed by atoms with van der Waals surface area (Å²) >= 11 is 0. The SMILES string of the molecule is CCOc1ccc(C2C(C(=O)OC(C)C)=C(C)Nc3nnnn32)cc1. The van der Waals surface area contributed by atoms with Crippen molar-refractivity contribution in [2.45, 2.75) is 39.8 Å². The third-order valence-electron chi connectivity index (χ3n) is 3.78. The number of carbonyl (C=O) groups excluding carboxylic acids is 1. The summed E-state index contributed by atoms with van der Waals surface area (Å²) in [4.78, 5) is 12.7. The van der Waals surface area contributed by atoms with Crippen LogP contribution in [0.4, 0.5) is 5.95 Å². The topological polar surface area (TPSA) is 91.2 Å². The first-order valence-electron chi connectivity index (χ1n) is 8.20. The zero-order valence-electron chi connectivity index (χ0n) is 14.7. The fourth-order valence-corrected chi connectivity index (χ4v) is 2.78. The van der Waals surface area contributed by atoms with Crippen LogP contribution in [0, 0.1) is 0 Å². The summed E-state index contributed by atoms with van der Waals surface area (Å²) in [5.41, 5.74) is 2.03. The number of nitrogens with one attached hydrogen (secondary N) is 1.